The smallest absolute Gasteiger partial charge is 0.271 e. The van der Waals surface area contributed by atoms with Gasteiger partial charge in [0.15, 0.2) is 0 Å². The second-order valence-electron chi connectivity index (χ2n) is 4.75. The van der Waals surface area contributed by atoms with Crippen LogP contribution >= 0.6 is 0 Å². The highest BCUT2D eigenvalue weighted by Crippen LogP contribution is 2.10. The molecule has 0 radical (unpaired) electrons. The lowest BCUT2D eigenvalue weighted by molar-refractivity contribution is 0.0948. The van der Waals surface area contributed by atoms with Crippen molar-refractivity contribution in [1.82, 2.24) is 25.3 Å². The van der Waals surface area contributed by atoms with Crippen molar-refractivity contribution in [2.45, 2.75) is 13.3 Å². The van der Waals surface area contributed by atoms with Crippen LogP contribution in [-0.4, -0.2) is 32.4 Å². The Morgan fingerprint density at radius 2 is 2.10 bits per heavy atom. The van der Waals surface area contributed by atoms with Gasteiger partial charge in [0.2, 0.25) is 0 Å². The summed E-state index contributed by atoms with van der Waals surface area (Å²) in [6.45, 7) is 2.32. The number of benzene rings is 1. The SMILES string of the molecule is Cc1cnc(C(=O)NCCc2nc3ccccc3[nH]2)cn1. The van der Waals surface area contributed by atoms with Crippen LogP contribution in [0.15, 0.2) is 36.7 Å². The number of imidazole rings is 1. The number of rotatable bonds is 4. The highest BCUT2D eigenvalue weighted by molar-refractivity contribution is 5.91. The molecule has 21 heavy (non-hydrogen) atoms. The van der Waals surface area contributed by atoms with Gasteiger partial charge in [-0.15, -0.1) is 0 Å². The molecular weight excluding hydrogens is 266 g/mol. The number of para-hydroxylation sites is 2. The summed E-state index contributed by atoms with van der Waals surface area (Å²) in [4.78, 5) is 27.7. The normalized spacial score (nSPS) is 10.7. The molecule has 3 rings (SSSR count). The lowest BCUT2D eigenvalue weighted by Crippen LogP contribution is -2.26. The Hall–Kier alpha value is -2.76. The monoisotopic (exact) mass is 281 g/mol. The molecule has 0 saturated carbocycles. The van der Waals surface area contributed by atoms with E-state index in [4.69, 9.17) is 0 Å². The Kier molecular flexibility index (Phi) is 3.59. The number of hydrogen-bond acceptors (Lipinski definition) is 4. The van der Waals surface area contributed by atoms with E-state index in [-0.39, 0.29) is 5.91 Å². The second kappa shape index (κ2) is 5.70. The van der Waals surface area contributed by atoms with Crippen LogP contribution in [0.2, 0.25) is 0 Å². The van der Waals surface area contributed by atoms with Crippen molar-refractivity contribution in [3.05, 3.63) is 53.9 Å². The maximum absolute atomic E-state index is 11.9. The molecule has 1 aromatic carbocycles. The lowest BCUT2D eigenvalue weighted by Gasteiger charge is -2.03. The first-order valence-corrected chi connectivity index (χ1v) is 6.73. The van der Waals surface area contributed by atoms with Crippen molar-refractivity contribution in [2.24, 2.45) is 0 Å². The molecule has 0 aliphatic rings. The molecule has 2 N–H and O–H groups in total. The predicted molar refractivity (Wildman–Crippen MR) is 78.9 cm³/mol. The first kappa shape index (κ1) is 13.2. The van der Waals surface area contributed by atoms with Gasteiger partial charge in [-0.3, -0.25) is 9.78 Å². The molecule has 1 amide bonds. The molecule has 0 unspecified atom stereocenters. The summed E-state index contributed by atoms with van der Waals surface area (Å²) in [6, 6.07) is 7.84. The van der Waals surface area contributed by atoms with Crippen LogP contribution in [0.4, 0.5) is 0 Å². The summed E-state index contributed by atoms with van der Waals surface area (Å²) < 4.78 is 0. The number of fused-ring (bicyclic) bond motifs is 1. The van der Waals surface area contributed by atoms with Crippen molar-refractivity contribution >= 4 is 16.9 Å². The number of aromatic amines is 1. The van der Waals surface area contributed by atoms with E-state index in [0.29, 0.717) is 18.7 Å². The van der Waals surface area contributed by atoms with Crippen LogP contribution in [0.3, 0.4) is 0 Å². The van der Waals surface area contributed by atoms with Gasteiger partial charge in [0, 0.05) is 19.2 Å². The topological polar surface area (TPSA) is 83.6 Å². The highest BCUT2D eigenvalue weighted by Gasteiger charge is 2.07. The third-order valence-corrected chi connectivity index (χ3v) is 3.10. The van der Waals surface area contributed by atoms with E-state index in [2.05, 4.69) is 25.3 Å². The van der Waals surface area contributed by atoms with Crippen LogP contribution in [0.25, 0.3) is 11.0 Å². The maximum Gasteiger partial charge on any atom is 0.271 e. The highest BCUT2D eigenvalue weighted by atomic mass is 16.1. The standard InChI is InChI=1S/C15H15N5O/c1-10-8-18-13(9-17-10)15(21)16-7-6-14-19-11-4-2-3-5-12(11)20-14/h2-5,8-9H,6-7H2,1H3,(H,16,21)(H,19,20). The molecule has 3 aromatic rings. The van der Waals surface area contributed by atoms with E-state index in [1.807, 2.05) is 31.2 Å². The van der Waals surface area contributed by atoms with Crippen LogP contribution in [-0.2, 0) is 6.42 Å². The van der Waals surface area contributed by atoms with Gasteiger partial charge in [0.1, 0.15) is 11.5 Å². The number of carbonyl (C=O) groups is 1. The molecule has 2 aromatic heterocycles. The Labute approximate surface area is 121 Å². The molecule has 0 bridgehead atoms. The Balaban J connectivity index is 1.58. The van der Waals surface area contributed by atoms with Gasteiger partial charge in [0.05, 0.1) is 22.9 Å². The lowest BCUT2D eigenvalue weighted by atomic mass is 10.3. The van der Waals surface area contributed by atoms with Gasteiger partial charge in [-0.1, -0.05) is 12.1 Å². The van der Waals surface area contributed by atoms with Gasteiger partial charge in [-0.2, -0.15) is 0 Å². The van der Waals surface area contributed by atoms with Gasteiger partial charge >= 0.3 is 0 Å². The molecule has 0 aliphatic carbocycles. The van der Waals surface area contributed by atoms with Gasteiger partial charge in [-0.05, 0) is 19.1 Å². The maximum atomic E-state index is 11.9. The molecule has 2 heterocycles. The summed E-state index contributed by atoms with van der Waals surface area (Å²) in [6.07, 6.45) is 3.69. The number of H-pyrrole nitrogens is 1. The quantitative estimate of drug-likeness (QED) is 0.761. The first-order chi connectivity index (χ1) is 10.2. The summed E-state index contributed by atoms with van der Waals surface area (Å²) in [5, 5.41) is 2.81. The van der Waals surface area contributed by atoms with Crippen molar-refractivity contribution in [1.29, 1.82) is 0 Å². The number of aromatic nitrogens is 4. The first-order valence-electron chi connectivity index (χ1n) is 6.73. The number of hydrogen-bond donors (Lipinski definition) is 2. The van der Waals surface area contributed by atoms with Crippen LogP contribution in [0.5, 0.6) is 0 Å². The molecular formula is C15H15N5O. The zero-order chi connectivity index (χ0) is 14.7. The summed E-state index contributed by atoms with van der Waals surface area (Å²) >= 11 is 0. The average molecular weight is 281 g/mol. The molecule has 0 spiro atoms. The Morgan fingerprint density at radius 3 is 2.86 bits per heavy atom. The summed E-state index contributed by atoms with van der Waals surface area (Å²) in [5.41, 5.74) is 3.05. The van der Waals surface area contributed by atoms with Gasteiger partial charge < -0.3 is 10.3 Å². The predicted octanol–water partition coefficient (Wildman–Crippen LogP) is 1.63. The van der Waals surface area contributed by atoms with Crippen LogP contribution in [0, 0.1) is 6.92 Å². The van der Waals surface area contributed by atoms with E-state index in [9.17, 15) is 4.79 Å². The third kappa shape index (κ3) is 3.05. The number of nitrogens with zero attached hydrogens (tertiary/aromatic N) is 3. The van der Waals surface area contributed by atoms with E-state index < -0.39 is 0 Å². The fraction of sp³-hybridized carbons (Fsp3) is 0.200. The fourth-order valence-electron chi connectivity index (χ4n) is 2.02. The van der Waals surface area contributed by atoms with E-state index in [0.717, 1.165) is 22.6 Å². The molecule has 0 saturated heterocycles. The van der Waals surface area contributed by atoms with E-state index >= 15 is 0 Å². The number of amides is 1. The number of carbonyl (C=O) groups excluding carboxylic acids is 1. The average Bonchev–Trinajstić information content (AvgIpc) is 2.90. The van der Waals surface area contributed by atoms with Gasteiger partial charge in [0.25, 0.3) is 5.91 Å². The minimum atomic E-state index is -0.224. The van der Waals surface area contributed by atoms with Crippen LogP contribution < -0.4 is 5.32 Å². The molecule has 106 valence electrons. The van der Waals surface area contributed by atoms with E-state index in [1.165, 1.54) is 6.20 Å². The largest absolute Gasteiger partial charge is 0.350 e. The zero-order valence-corrected chi connectivity index (χ0v) is 11.6. The Bertz CT molecular complexity index is 730. The second-order valence-corrected chi connectivity index (χ2v) is 4.75. The third-order valence-electron chi connectivity index (χ3n) is 3.10. The van der Waals surface area contributed by atoms with Gasteiger partial charge in [-0.25, -0.2) is 9.97 Å². The molecule has 0 aliphatic heterocycles. The molecule has 6 nitrogen and oxygen atoms in total. The number of nitrogens with one attached hydrogen (secondary N) is 2. The molecule has 0 fully saturated rings. The fourth-order valence-corrected chi connectivity index (χ4v) is 2.02. The van der Waals surface area contributed by atoms with Crippen molar-refractivity contribution in [3.63, 3.8) is 0 Å². The Morgan fingerprint density at radius 1 is 1.24 bits per heavy atom. The van der Waals surface area contributed by atoms with Crippen LogP contribution in [0.1, 0.15) is 22.0 Å². The summed E-state index contributed by atoms with van der Waals surface area (Å²) in [5.74, 6) is 0.630. The zero-order valence-electron chi connectivity index (χ0n) is 11.6. The summed E-state index contributed by atoms with van der Waals surface area (Å²) in [7, 11) is 0. The minimum absolute atomic E-state index is 0.224. The van der Waals surface area contributed by atoms with Crippen molar-refractivity contribution in [2.75, 3.05) is 6.54 Å². The van der Waals surface area contributed by atoms with E-state index in [1.54, 1.807) is 6.20 Å². The van der Waals surface area contributed by atoms with Crippen molar-refractivity contribution < 1.29 is 4.79 Å². The minimum Gasteiger partial charge on any atom is -0.350 e. The number of aryl methyl sites for hydroxylation is 1. The molecule has 0 atom stereocenters. The molecule has 6 heteroatoms. The van der Waals surface area contributed by atoms with Crippen molar-refractivity contribution in [3.8, 4) is 0 Å².